The number of rotatable bonds is 2. The van der Waals surface area contributed by atoms with Gasteiger partial charge in [-0.25, -0.2) is 0 Å². The highest BCUT2D eigenvalue weighted by Gasteiger charge is 2.13. The number of para-hydroxylation sites is 1. The van der Waals surface area contributed by atoms with E-state index < -0.39 is 0 Å². The number of ether oxygens (including phenoxy) is 1. The van der Waals surface area contributed by atoms with Crippen LogP contribution in [0.1, 0.15) is 0 Å². The molecule has 4 heteroatoms. The maximum Gasteiger partial charge on any atom is 0.201 e. The van der Waals surface area contributed by atoms with E-state index in [1.54, 1.807) is 12.1 Å². The molecule has 20 heavy (non-hydrogen) atoms. The molecule has 0 aliphatic rings. The average molecular weight is 268 g/mol. The van der Waals surface area contributed by atoms with Crippen LogP contribution in [0.3, 0.4) is 0 Å². The lowest BCUT2D eigenvalue weighted by Gasteiger charge is -2.12. The van der Waals surface area contributed by atoms with Gasteiger partial charge in [0.1, 0.15) is 0 Å². The van der Waals surface area contributed by atoms with E-state index in [1.807, 2.05) is 24.3 Å². The zero-order valence-corrected chi connectivity index (χ0v) is 10.4. The zero-order chi connectivity index (χ0) is 14.1. The van der Waals surface area contributed by atoms with Crippen molar-refractivity contribution in [3.63, 3.8) is 0 Å². The lowest BCUT2D eigenvalue weighted by molar-refractivity contribution is 0.364. The summed E-state index contributed by atoms with van der Waals surface area (Å²) >= 11 is 0. The molecule has 3 N–H and O–H groups in total. The van der Waals surface area contributed by atoms with Crippen LogP contribution in [-0.4, -0.2) is 15.3 Å². The fourth-order valence-corrected chi connectivity index (χ4v) is 2.04. The minimum atomic E-state index is -0.361. The fraction of sp³-hybridized carbons (Fsp3) is 0. The van der Waals surface area contributed by atoms with Gasteiger partial charge in [-0.2, -0.15) is 0 Å². The molecule has 0 aromatic heterocycles. The zero-order valence-electron chi connectivity index (χ0n) is 10.4. The summed E-state index contributed by atoms with van der Waals surface area (Å²) in [4.78, 5) is 0. The summed E-state index contributed by atoms with van der Waals surface area (Å²) < 4.78 is 5.57. The minimum absolute atomic E-state index is 0.0357. The van der Waals surface area contributed by atoms with Crippen LogP contribution in [0.15, 0.2) is 54.6 Å². The smallest absolute Gasteiger partial charge is 0.201 e. The van der Waals surface area contributed by atoms with Crippen LogP contribution in [0.5, 0.6) is 28.7 Å². The SMILES string of the molecule is Oc1cccc(Oc2c(O)ccc3ccccc23)c1O. The summed E-state index contributed by atoms with van der Waals surface area (Å²) in [6.07, 6.45) is 0. The largest absolute Gasteiger partial charge is 0.504 e. The van der Waals surface area contributed by atoms with Gasteiger partial charge >= 0.3 is 0 Å². The van der Waals surface area contributed by atoms with E-state index in [4.69, 9.17) is 4.74 Å². The monoisotopic (exact) mass is 268 g/mol. The van der Waals surface area contributed by atoms with Crippen molar-refractivity contribution >= 4 is 10.8 Å². The van der Waals surface area contributed by atoms with Crippen molar-refractivity contribution in [3.05, 3.63) is 54.6 Å². The van der Waals surface area contributed by atoms with Crippen LogP contribution in [0.2, 0.25) is 0 Å². The molecular formula is C16H12O4. The van der Waals surface area contributed by atoms with Gasteiger partial charge in [0.2, 0.25) is 5.75 Å². The highest BCUT2D eigenvalue weighted by molar-refractivity contribution is 5.91. The van der Waals surface area contributed by atoms with Crippen LogP contribution >= 0.6 is 0 Å². The number of fused-ring (bicyclic) bond motifs is 1. The number of hydrogen-bond donors (Lipinski definition) is 3. The number of phenolic OH excluding ortho intramolecular Hbond substituents is 3. The maximum absolute atomic E-state index is 9.96. The van der Waals surface area contributed by atoms with Gasteiger partial charge in [-0.1, -0.05) is 36.4 Å². The number of aromatic hydroxyl groups is 3. The molecule has 100 valence electrons. The van der Waals surface area contributed by atoms with E-state index in [1.165, 1.54) is 18.2 Å². The molecule has 3 aromatic carbocycles. The first kappa shape index (κ1) is 12.2. The first-order valence-corrected chi connectivity index (χ1v) is 6.06. The predicted octanol–water partition coefficient (Wildman–Crippen LogP) is 3.75. The summed E-state index contributed by atoms with van der Waals surface area (Å²) in [7, 11) is 0. The quantitative estimate of drug-likeness (QED) is 0.619. The molecule has 3 aromatic rings. The Balaban J connectivity index is 2.15. The van der Waals surface area contributed by atoms with E-state index >= 15 is 0 Å². The Labute approximate surface area is 115 Å². The van der Waals surface area contributed by atoms with Crippen molar-refractivity contribution in [2.75, 3.05) is 0 Å². The first-order chi connectivity index (χ1) is 9.66. The molecule has 0 aliphatic heterocycles. The van der Waals surface area contributed by atoms with E-state index in [-0.39, 0.29) is 28.7 Å². The molecule has 0 unspecified atom stereocenters. The summed E-state index contributed by atoms with van der Waals surface area (Å²) in [5.74, 6) is -0.353. The second-order valence-corrected chi connectivity index (χ2v) is 4.36. The Kier molecular flexibility index (Phi) is 2.84. The standard InChI is InChI=1S/C16H12O4/c17-12-6-3-7-14(15(12)19)20-16-11-5-2-1-4-10(11)8-9-13(16)18/h1-9,17-19H. The van der Waals surface area contributed by atoms with Gasteiger partial charge in [-0.3, -0.25) is 0 Å². The van der Waals surface area contributed by atoms with Crippen LogP contribution in [0, 0.1) is 0 Å². The Morgan fingerprint density at radius 2 is 1.50 bits per heavy atom. The summed E-state index contributed by atoms with van der Waals surface area (Å²) in [6, 6.07) is 15.1. The van der Waals surface area contributed by atoms with Crippen LogP contribution in [0.4, 0.5) is 0 Å². The van der Waals surface area contributed by atoms with Gasteiger partial charge in [0.05, 0.1) is 0 Å². The molecule has 0 radical (unpaired) electrons. The normalized spacial score (nSPS) is 10.6. The highest BCUT2D eigenvalue weighted by Crippen LogP contribution is 2.42. The molecule has 0 fully saturated rings. The van der Waals surface area contributed by atoms with Crippen LogP contribution < -0.4 is 4.74 Å². The summed E-state index contributed by atoms with van der Waals surface area (Å²) in [5.41, 5.74) is 0. The first-order valence-electron chi connectivity index (χ1n) is 6.06. The highest BCUT2D eigenvalue weighted by atomic mass is 16.5. The van der Waals surface area contributed by atoms with Crippen LogP contribution in [-0.2, 0) is 0 Å². The molecule has 0 bridgehead atoms. The molecule has 0 heterocycles. The Bertz CT molecular complexity index is 781. The fourth-order valence-electron chi connectivity index (χ4n) is 2.04. The van der Waals surface area contributed by atoms with E-state index in [0.717, 1.165) is 10.8 Å². The van der Waals surface area contributed by atoms with Crippen molar-refractivity contribution in [2.45, 2.75) is 0 Å². The second kappa shape index (κ2) is 4.66. The van der Waals surface area contributed by atoms with Gasteiger partial charge in [-0.05, 0) is 23.6 Å². The van der Waals surface area contributed by atoms with Crippen LogP contribution in [0.25, 0.3) is 10.8 Å². The molecule has 3 rings (SSSR count). The molecule has 0 aliphatic carbocycles. The summed E-state index contributed by atoms with van der Waals surface area (Å²) in [6.45, 7) is 0. The molecular weight excluding hydrogens is 256 g/mol. The number of hydrogen-bond acceptors (Lipinski definition) is 4. The third-order valence-corrected chi connectivity index (χ3v) is 3.05. The lowest BCUT2D eigenvalue weighted by atomic mass is 10.1. The Morgan fingerprint density at radius 1 is 0.700 bits per heavy atom. The van der Waals surface area contributed by atoms with Crippen molar-refractivity contribution in [2.24, 2.45) is 0 Å². The molecule has 0 amide bonds. The predicted molar refractivity (Wildman–Crippen MR) is 75.5 cm³/mol. The Hall–Kier alpha value is -2.88. The molecule has 0 saturated heterocycles. The Morgan fingerprint density at radius 3 is 2.35 bits per heavy atom. The molecule has 0 saturated carbocycles. The number of phenols is 3. The van der Waals surface area contributed by atoms with Crippen molar-refractivity contribution in [1.82, 2.24) is 0 Å². The lowest BCUT2D eigenvalue weighted by Crippen LogP contribution is -1.87. The number of benzene rings is 3. The van der Waals surface area contributed by atoms with Gasteiger partial charge in [-0.15, -0.1) is 0 Å². The molecule has 4 nitrogen and oxygen atoms in total. The maximum atomic E-state index is 9.96. The third kappa shape index (κ3) is 1.97. The molecule has 0 atom stereocenters. The van der Waals surface area contributed by atoms with Crippen molar-refractivity contribution < 1.29 is 20.1 Å². The third-order valence-electron chi connectivity index (χ3n) is 3.05. The van der Waals surface area contributed by atoms with Gasteiger partial charge in [0.25, 0.3) is 0 Å². The van der Waals surface area contributed by atoms with Gasteiger partial charge in [0.15, 0.2) is 23.0 Å². The molecule has 0 spiro atoms. The van der Waals surface area contributed by atoms with E-state index in [0.29, 0.717) is 0 Å². The second-order valence-electron chi connectivity index (χ2n) is 4.36. The van der Waals surface area contributed by atoms with Crippen molar-refractivity contribution in [1.29, 1.82) is 0 Å². The van der Waals surface area contributed by atoms with Crippen molar-refractivity contribution in [3.8, 4) is 28.7 Å². The minimum Gasteiger partial charge on any atom is -0.504 e. The van der Waals surface area contributed by atoms with Gasteiger partial charge in [0, 0.05) is 5.39 Å². The van der Waals surface area contributed by atoms with Gasteiger partial charge < -0.3 is 20.1 Å². The average Bonchev–Trinajstić information content (AvgIpc) is 2.46. The van der Waals surface area contributed by atoms with E-state index in [2.05, 4.69) is 0 Å². The van der Waals surface area contributed by atoms with E-state index in [9.17, 15) is 15.3 Å². The summed E-state index contributed by atoms with van der Waals surface area (Å²) in [5, 5.41) is 30.8. The topological polar surface area (TPSA) is 69.9 Å².